The van der Waals surface area contributed by atoms with Crippen LogP contribution in [0.25, 0.3) is 0 Å². The molecule has 130 valence electrons. The summed E-state index contributed by atoms with van der Waals surface area (Å²) < 4.78 is 0. The zero-order valence-corrected chi connectivity index (χ0v) is 13.3. The van der Waals surface area contributed by atoms with Crippen LogP contribution in [-0.2, 0) is 9.59 Å². The topological polar surface area (TPSA) is 171 Å². The quantitative estimate of drug-likeness (QED) is 0.220. The Morgan fingerprint density at radius 3 is 2.23 bits per heavy atom. The van der Waals surface area contributed by atoms with Gasteiger partial charge in [0.25, 0.3) is 0 Å². The van der Waals surface area contributed by atoms with E-state index in [1.807, 2.05) is 6.92 Å². The lowest BCUT2D eigenvalue weighted by Gasteiger charge is -2.18. The van der Waals surface area contributed by atoms with Crippen LogP contribution in [0.3, 0.4) is 0 Å². The molecule has 0 bridgehead atoms. The number of hydrogen-bond acceptors (Lipinski definition) is 7. The third-order valence-corrected chi connectivity index (χ3v) is 2.62. The van der Waals surface area contributed by atoms with Gasteiger partial charge in [-0.25, -0.2) is 0 Å². The molecular weight excluding hydrogens is 291 g/mol. The zero-order chi connectivity index (χ0) is 17.5. The van der Waals surface area contributed by atoms with Gasteiger partial charge in [0.1, 0.15) is 0 Å². The van der Waals surface area contributed by atoms with Crippen LogP contribution in [0.15, 0.2) is 0 Å². The van der Waals surface area contributed by atoms with E-state index in [1.165, 1.54) is 0 Å². The number of likely N-dealkylation sites (N-methyl/N-ethyl adjacent to an activating group) is 1. The molecule has 0 aromatic rings. The first-order valence-electron chi connectivity index (χ1n) is 7.26. The second-order valence-electron chi connectivity index (χ2n) is 4.83. The van der Waals surface area contributed by atoms with Crippen LogP contribution >= 0.6 is 0 Å². The highest BCUT2D eigenvalue weighted by Gasteiger charge is 2.18. The van der Waals surface area contributed by atoms with Crippen molar-refractivity contribution in [3.8, 4) is 0 Å². The predicted octanol–water partition coefficient (Wildman–Crippen LogP) is -2.29. The van der Waals surface area contributed by atoms with Gasteiger partial charge in [0, 0.05) is 13.1 Å². The number of carboxylic acids is 1. The first-order valence-corrected chi connectivity index (χ1v) is 7.26. The van der Waals surface area contributed by atoms with Gasteiger partial charge in [-0.3, -0.25) is 9.59 Å². The fourth-order valence-corrected chi connectivity index (χ4v) is 1.43. The molecule has 0 aromatic carbocycles. The van der Waals surface area contributed by atoms with E-state index < -0.39 is 31.1 Å². The van der Waals surface area contributed by atoms with E-state index in [-0.39, 0.29) is 13.0 Å². The van der Waals surface area contributed by atoms with E-state index >= 15 is 0 Å². The SMILES string of the molecule is CCCCB(O)O.CNCC(CC(=O)O)NC(=O)C(N)CN. The number of carboxylic acid groups (broad SMARTS) is 1. The van der Waals surface area contributed by atoms with Gasteiger partial charge in [-0.05, 0) is 13.4 Å². The van der Waals surface area contributed by atoms with E-state index in [0.29, 0.717) is 12.9 Å². The summed E-state index contributed by atoms with van der Waals surface area (Å²) in [5.74, 6) is -1.41. The molecule has 0 heterocycles. The summed E-state index contributed by atoms with van der Waals surface area (Å²) in [4.78, 5) is 21.8. The number of amides is 1. The van der Waals surface area contributed by atoms with E-state index in [0.717, 1.165) is 12.8 Å². The van der Waals surface area contributed by atoms with Crippen LogP contribution in [-0.4, -0.2) is 66.4 Å². The zero-order valence-electron chi connectivity index (χ0n) is 13.3. The molecule has 0 aliphatic heterocycles. The first kappa shape index (κ1) is 23.1. The Morgan fingerprint density at radius 2 is 1.91 bits per heavy atom. The molecule has 0 rings (SSSR count). The average Bonchev–Trinajstić information content (AvgIpc) is 2.44. The Kier molecular flexibility index (Phi) is 15.5. The summed E-state index contributed by atoms with van der Waals surface area (Å²) in [7, 11) is 0.573. The smallest absolute Gasteiger partial charge is 0.451 e. The number of nitrogens with one attached hydrogen (secondary N) is 2. The van der Waals surface area contributed by atoms with E-state index in [1.54, 1.807) is 7.05 Å². The van der Waals surface area contributed by atoms with Crippen molar-refractivity contribution in [1.82, 2.24) is 10.6 Å². The van der Waals surface area contributed by atoms with Crippen molar-refractivity contribution < 1.29 is 24.7 Å². The van der Waals surface area contributed by atoms with Gasteiger partial charge in [0.05, 0.1) is 18.5 Å². The van der Waals surface area contributed by atoms with E-state index in [9.17, 15) is 9.59 Å². The van der Waals surface area contributed by atoms with Crippen LogP contribution in [0.2, 0.25) is 6.32 Å². The number of aliphatic carboxylic acids is 1. The van der Waals surface area contributed by atoms with Gasteiger partial charge >= 0.3 is 13.1 Å². The van der Waals surface area contributed by atoms with Gasteiger partial charge in [0.2, 0.25) is 5.91 Å². The first-order chi connectivity index (χ1) is 10.3. The van der Waals surface area contributed by atoms with Crippen LogP contribution < -0.4 is 22.1 Å². The standard InChI is InChI=1S/C8H18N4O3.C4H11BO2/c1-11-4-5(2-7(13)14)12-8(15)6(10)3-9;1-2-3-4-5(6)7/h5-6,11H,2-4,9-10H2,1H3,(H,12,15)(H,13,14);6-7H,2-4H2,1H3. The monoisotopic (exact) mass is 320 g/mol. The highest BCUT2D eigenvalue weighted by Crippen LogP contribution is 1.94. The number of nitrogens with two attached hydrogens (primary N) is 2. The Balaban J connectivity index is 0. The van der Waals surface area contributed by atoms with Crippen LogP contribution in [0, 0.1) is 0 Å². The number of hydrogen-bond donors (Lipinski definition) is 7. The Labute approximate surface area is 131 Å². The third-order valence-electron chi connectivity index (χ3n) is 2.62. The second-order valence-corrected chi connectivity index (χ2v) is 4.83. The molecule has 9 nitrogen and oxygen atoms in total. The van der Waals surface area contributed by atoms with Crippen LogP contribution in [0.5, 0.6) is 0 Å². The number of unbranched alkanes of at least 4 members (excludes halogenated alkanes) is 1. The molecular formula is C12H29BN4O5. The molecule has 9 N–H and O–H groups in total. The molecule has 0 saturated heterocycles. The van der Waals surface area contributed by atoms with Gasteiger partial charge < -0.3 is 37.3 Å². The molecule has 0 radical (unpaired) electrons. The molecule has 0 aliphatic rings. The summed E-state index contributed by atoms with van der Waals surface area (Å²) in [6.07, 6.45) is 2.29. The molecule has 10 heteroatoms. The normalized spacial score (nSPS) is 12.6. The van der Waals surface area contributed by atoms with E-state index in [2.05, 4.69) is 10.6 Å². The molecule has 0 saturated carbocycles. The lowest BCUT2D eigenvalue weighted by atomic mass is 9.84. The maximum atomic E-state index is 11.3. The Hall–Kier alpha value is -1.20. The van der Waals surface area contributed by atoms with E-state index in [4.69, 9.17) is 26.6 Å². The maximum absolute atomic E-state index is 11.3. The van der Waals surface area contributed by atoms with Crippen LogP contribution in [0.4, 0.5) is 0 Å². The molecule has 0 fully saturated rings. The Bertz CT molecular complexity index is 307. The van der Waals surface area contributed by atoms with Crippen molar-refractivity contribution >= 4 is 19.0 Å². The fourth-order valence-electron chi connectivity index (χ4n) is 1.43. The molecule has 22 heavy (non-hydrogen) atoms. The highest BCUT2D eigenvalue weighted by molar-refractivity contribution is 6.40. The minimum Gasteiger partial charge on any atom is -0.481 e. The van der Waals surface area contributed by atoms with Crippen molar-refractivity contribution in [3.05, 3.63) is 0 Å². The fraction of sp³-hybridized carbons (Fsp3) is 0.833. The molecule has 0 aliphatic carbocycles. The number of carbonyl (C=O) groups is 2. The average molecular weight is 320 g/mol. The van der Waals surface area contributed by atoms with Gasteiger partial charge in [-0.2, -0.15) is 0 Å². The third kappa shape index (κ3) is 15.2. The van der Waals surface area contributed by atoms with Crippen molar-refractivity contribution in [2.24, 2.45) is 11.5 Å². The summed E-state index contributed by atoms with van der Waals surface area (Å²) >= 11 is 0. The van der Waals surface area contributed by atoms with Crippen LogP contribution in [0.1, 0.15) is 26.2 Å². The number of rotatable bonds is 10. The molecule has 2 unspecified atom stereocenters. The Morgan fingerprint density at radius 1 is 1.32 bits per heavy atom. The van der Waals surface area contributed by atoms with Crippen molar-refractivity contribution in [2.75, 3.05) is 20.1 Å². The lowest BCUT2D eigenvalue weighted by molar-refractivity contribution is -0.137. The maximum Gasteiger partial charge on any atom is 0.451 e. The van der Waals surface area contributed by atoms with Gasteiger partial charge in [-0.1, -0.05) is 19.8 Å². The molecule has 2 atom stereocenters. The summed E-state index contributed by atoms with van der Waals surface area (Å²) in [6.45, 7) is 2.42. The van der Waals surface area contributed by atoms with Gasteiger partial charge in [-0.15, -0.1) is 0 Å². The largest absolute Gasteiger partial charge is 0.481 e. The van der Waals surface area contributed by atoms with Crippen molar-refractivity contribution in [1.29, 1.82) is 0 Å². The highest BCUT2D eigenvalue weighted by atomic mass is 16.4. The second kappa shape index (κ2) is 14.7. The lowest BCUT2D eigenvalue weighted by Crippen LogP contribution is -2.51. The minimum absolute atomic E-state index is 0.0329. The van der Waals surface area contributed by atoms with Crippen molar-refractivity contribution in [2.45, 2.75) is 44.6 Å². The predicted molar refractivity (Wildman–Crippen MR) is 85.0 cm³/mol. The minimum atomic E-state index is -1.10. The number of carbonyl (C=O) groups excluding carboxylic acids is 1. The summed E-state index contributed by atoms with van der Waals surface area (Å²) in [6, 6.07) is -1.27. The van der Waals surface area contributed by atoms with Gasteiger partial charge in [0.15, 0.2) is 0 Å². The summed E-state index contributed by atoms with van der Waals surface area (Å²) in [5, 5.41) is 30.4. The molecule has 0 aromatic heterocycles. The summed E-state index contributed by atoms with van der Waals surface area (Å²) in [5.41, 5.74) is 10.6. The molecule has 0 spiro atoms. The molecule has 1 amide bonds. The van der Waals surface area contributed by atoms with Crippen molar-refractivity contribution in [3.63, 3.8) is 0 Å².